The summed E-state index contributed by atoms with van der Waals surface area (Å²) >= 11 is 0. The first-order chi connectivity index (χ1) is 8.38. The normalized spacial score (nSPS) is 16.4. The number of benzene rings is 1. The third-order valence-corrected chi connectivity index (χ3v) is 3.60. The summed E-state index contributed by atoms with van der Waals surface area (Å²) in [6, 6.07) is 9.89. The zero-order chi connectivity index (χ0) is 11.9. The predicted octanol–water partition coefficient (Wildman–Crippen LogP) is 3.94. The molecule has 0 spiro atoms. The number of rotatable bonds is 4. The first-order valence-electron chi connectivity index (χ1n) is 6.62. The Hall–Kier alpha value is -1.49. The van der Waals surface area contributed by atoms with Crippen molar-refractivity contribution in [3.63, 3.8) is 0 Å². The summed E-state index contributed by atoms with van der Waals surface area (Å²) in [5.41, 5.74) is 1.80. The lowest BCUT2D eigenvalue weighted by molar-refractivity contribution is 0.345. The Morgan fingerprint density at radius 2 is 2.06 bits per heavy atom. The Bertz CT molecular complexity index is 386. The van der Waals surface area contributed by atoms with Crippen LogP contribution in [-0.4, -0.2) is 6.54 Å². The molecule has 1 aromatic rings. The fourth-order valence-electron chi connectivity index (χ4n) is 2.60. The smallest absolute Gasteiger partial charge is 0.0992 e. The minimum Gasteiger partial charge on any atom is -0.385 e. The number of hydrogen-bond donors (Lipinski definition) is 1. The van der Waals surface area contributed by atoms with Crippen LogP contribution in [0.2, 0.25) is 0 Å². The minimum absolute atomic E-state index is 0.729. The fourth-order valence-corrected chi connectivity index (χ4v) is 2.60. The van der Waals surface area contributed by atoms with Crippen LogP contribution >= 0.6 is 0 Å². The van der Waals surface area contributed by atoms with E-state index in [-0.39, 0.29) is 0 Å². The number of anilines is 1. The van der Waals surface area contributed by atoms with Crippen molar-refractivity contribution < 1.29 is 0 Å². The maximum Gasteiger partial charge on any atom is 0.0992 e. The molecule has 1 aromatic carbocycles. The monoisotopic (exact) mass is 228 g/mol. The molecule has 1 N–H and O–H groups in total. The van der Waals surface area contributed by atoms with E-state index in [9.17, 15) is 0 Å². The van der Waals surface area contributed by atoms with E-state index >= 15 is 0 Å². The van der Waals surface area contributed by atoms with Gasteiger partial charge in [0.05, 0.1) is 11.6 Å². The van der Waals surface area contributed by atoms with Crippen LogP contribution in [0.15, 0.2) is 24.3 Å². The van der Waals surface area contributed by atoms with Crippen LogP contribution in [0.4, 0.5) is 5.69 Å². The molecule has 0 heterocycles. The SMILES string of the molecule is N#Cc1cccc(NCCC2CCCCC2)c1. The van der Waals surface area contributed by atoms with Crippen LogP contribution in [0.5, 0.6) is 0 Å². The van der Waals surface area contributed by atoms with Gasteiger partial charge in [0, 0.05) is 12.2 Å². The molecule has 0 amide bonds. The highest BCUT2D eigenvalue weighted by atomic mass is 14.9. The molecule has 0 atom stereocenters. The summed E-state index contributed by atoms with van der Waals surface area (Å²) in [5.74, 6) is 0.912. The lowest BCUT2D eigenvalue weighted by Crippen LogP contribution is -2.12. The van der Waals surface area contributed by atoms with Crippen molar-refractivity contribution in [2.24, 2.45) is 5.92 Å². The van der Waals surface area contributed by atoms with E-state index in [1.54, 1.807) is 0 Å². The molecule has 0 radical (unpaired) electrons. The van der Waals surface area contributed by atoms with E-state index in [4.69, 9.17) is 5.26 Å². The molecular weight excluding hydrogens is 208 g/mol. The molecule has 0 aliphatic heterocycles. The number of nitrogens with one attached hydrogen (secondary N) is 1. The second-order valence-electron chi connectivity index (χ2n) is 4.91. The molecular formula is C15H20N2. The molecule has 1 fully saturated rings. The molecule has 2 nitrogen and oxygen atoms in total. The Morgan fingerprint density at radius 3 is 2.82 bits per heavy atom. The van der Waals surface area contributed by atoms with Gasteiger partial charge in [-0.3, -0.25) is 0 Å². The van der Waals surface area contributed by atoms with Crippen molar-refractivity contribution in [2.45, 2.75) is 38.5 Å². The molecule has 0 unspecified atom stereocenters. The topological polar surface area (TPSA) is 35.8 Å². The molecule has 1 saturated carbocycles. The van der Waals surface area contributed by atoms with Crippen molar-refractivity contribution >= 4 is 5.69 Å². The largest absolute Gasteiger partial charge is 0.385 e. The lowest BCUT2D eigenvalue weighted by Gasteiger charge is -2.21. The van der Waals surface area contributed by atoms with Crippen LogP contribution in [-0.2, 0) is 0 Å². The highest BCUT2D eigenvalue weighted by molar-refractivity contribution is 5.48. The van der Waals surface area contributed by atoms with Gasteiger partial charge in [0.15, 0.2) is 0 Å². The molecule has 1 aliphatic carbocycles. The highest BCUT2D eigenvalue weighted by Gasteiger charge is 2.12. The van der Waals surface area contributed by atoms with Gasteiger partial charge in [-0.25, -0.2) is 0 Å². The van der Waals surface area contributed by atoms with E-state index in [0.29, 0.717) is 0 Å². The van der Waals surface area contributed by atoms with Gasteiger partial charge in [0.1, 0.15) is 0 Å². The van der Waals surface area contributed by atoms with Crippen molar-refractivity contribution in [3.05, 3.63) is 29.8 Å². The Labute approximate surface area is 104 Å². The highest BCUT2D eigenvalue weighted by Crippen LogP contribution is 2.26. The second kappa shape index (κ2) is 6.30. The van der Waals surface area contributed by atoms with Gasteiger partial charge in [0.2, 0.25) is 0 Å². The molecule has 0 aromatic heterocycles. The summed E-state index contributed by atoms with van der Waals surface area (Å²) in [7, 11) is 0. The molecule has 90 valence electrons. The minimum atomic E-state index is 0.729. The maximum atomic E-state index is 8.81. The number of hydrogen-bond acceptors (Lipinski definition) is 2. The van der Waals surface area contributed by atoms with Gasteiger partial charge in [-0.15, -0.1) is 0 Å². The van der Waals surface area contributed by atoms with Crippen molar-refractivity contribution in [1.82, 2.24) is 0 Å². The fraction of sp³-hybridized carbons (Fsp3) is 0.533. The number of nitrogens with zero attached hydrogens (tertiary/aromatic N) is 1. The third-order valence-electron chi connectivity index (χ3n) is 3.60. The summed E-state index contributed by atoms with van der Waals surface area (Å²) in [4.78, 5) is 0. The molecule has 2 rings (SSSR count). The van der Waals surface area contributed by atoms with Gasteiger partial charge < -0.3 is 5.32 Å². The first-order valence-corrected chi connectivity index (χ1v) is 6.62. The van der Waals surface area contributed by atoms with E-state index in [1.165, 1.54) is 38.5 Å². The van der Waals surface area contributed by atoms with E-state index in [2.05, 4.69) is 11.4 Å². The zero-order valence-electron chi connectivity index (χ0n) is 10.3. The maximum absolute atomic E-state index is 8.81. The van der Waals surface area contributed by atoms with Crippen LogP contribution in [0.3, 0.4) is 0 Å². The number of nitriles is 1. The van der Waals surface area contributed by atoms with Gasteiger partial charge in [0.25, 0.3) is 0 Å². The lowest BCUT2D eigenvalue weighted by atomic mass is 9.87. The van der Waals surface area contributed by atoms with E-state index < -0.39 is 0 Å². The average Bonchev–Trinajstić information content (AvgIpc) is 2.40. The molecule has 2 heteroatoms. The summed E-state index contributed by atoms with van der Waals surface area (Å²) in [5, 5.41) is 12.2. The Balaban J connectivity index is 1.75. The van der Waals surface area contributed by atoms with Crippen LogP contribution < -0.4 is 5.32 Å². The average molecular weight is 228 g/mol. The first kappa shape index (κ1) is 12.0. The summed E-state index contributed by atoms with van der Waals surface area (Å²) in [6.45, 7) is 1.03. The van der Waals surface area contributed by atoms with Crippen LogP contribution in [0, 0.1) is 17.2 Å². The molecule has 0 bridgehead atoms. The van der Waals surface area contributed by atoms with Crippen molar-refractivity contribution in [2.75, 3.05) is 11.9 Å². The standard InChI is InChI=1S/C15H20N2/c16-12-14-7-4-8-15(11-14)17-10-9-13-5-2-1-3-6-13/h4,7-8,11,13,17H,1-3,5-6,9-10H2. The summed E-state index contributed by atoms with van der Waals surface area (Å²) in [6.07, 6.45) is 8.31. The van der Waals surface area contributed by atoms with Gasteiger partial charge in [-0.2, -0.15) is 5.26 Å². The molecule has 0 saturated heterocycles. The summed E-state index contributed by atoms with van der Waals surface area (Å²) < 4.78 is 0. The Morgan fingerprint density at radius 1 is 1.24 bits per heavy atom. The van der Waals surface area contributed by atoms with Crippen LogP contribution in [0.1, 0.15) is 44.1 Å². The zero-order valence-corrected chi connectivity index (χ0v) is 10.3. The predicted molar refractivity (Wildman–Crippen MR) is 70.8 cm³/mol. The van der Waals surface area contributed by atoms with Gasteiger partial charge >= 0.3 is 0 Å². The Kier molecular flexibility index (Phi) is 4.44. The van der Waals surface area contributed by atoms with Crippen LogP contribution in [0.25, 0.3) is 0 Å². The van der Waals surface area contributed by atoms with E-state index in [0.717, 1.165) is 23.7 Å². The molecule has 1 aliphatic rings. The van der Waals surface area contributed by atoms with Crippen molar-refractivity contribution in [3.8, 4) is 6.07 Å². The third kappa shape index (κ3) is 3.78. The van der Waals surface area contributed by atoms with E-state index in [1.807, 2.05) is 24.3 Å². The van der Waals surface area contributed by atoms with Gasteiger partial charge in [-0.1, -0.05) is 38.2 Å². The second-order valence-corrected chi connectivity index (χ2v) is 4.91. The quantitative estimate of drug-likeness (QED) is 0.847. The molecule has 17 heavy (non-hydrogen) atoms. The van der Waals surface area contributed by atoms with Crippen molar-refractivity contribution in [1.29, 1.82) is 5.26 Å². The van der Waals surface area contributed by atoms with Gasteiger partial charge in [-0.05, 0) is 30.5 Å².